The van der Waals surface area contributed by atoms with E-state index in [1.54, 1.807) is 39.9 Å². The van der Waals surface area contributed by atoms with Crippen LogP contribution in [0.1, 0.15) is 6.92 Å². The Labute approximate surface area is 219 Å². The highest BCUT2D eigenvalue weighted by Gasteiger charge is 2.23. The van der Waals surface area contributed by atoms with Crippen LogP contribution in [0.2, 0.25) is 5.02 Å². The molecular weight excluding hydrogens is 496 g/mol. The van der Waals surface area contributed by atoms with Crippen molar-refractivity contribution in [3.05, 3.63) is 41.9 Å². The number of hydrogen-bond donors (Lipinski definition) is 1. The van der Waals surface area contributed by atoms with Gasteiger partial charge in [-0.15, -0.1) is 0 Å². The van der Waals surface area contributed by atoms with Gasteiger partial charge in [0.15, 0.2) is 5.65 Å². The van der Waals surface area contributed by atoms with Crippen molar-refractivity contribution in [2.45, 2.75) is 6.92 Å². The molecule has 4 heterocycles. The van der Waals surface area contributed by atoms with Crippen LogP contribution in [0.4, 0.5) is 17.3 Å². The number of pyridine rings is 1. The van der Waals surface area contributed by atoms with Crippen molar-refractivity contribution in [1.29, 1.82) is 0 Å². The first-order valence-electron chi connectivity index (χ1n) is 11.7. The molecule has 192 valence electrons. The number of carbonyl (C=O) groups excluding carboxylic acids is 1. The third-order valence-corrected chi connectivity index (χ3v) is 6.66. The SMILES string of the molecule is COc1cc(N2CCN(C(C)=O)CC2)c(OC)cc1Nc1ncc(Cl)c(-c2cnc3c(c2)ncn3C)n1. The Morgan fingerprint density at radius 3 is 2.46 bits per heavy atom. The number of hydrogen-bond acceptors (Lipinski definition) is 9. The van der Waals surface area contributed by atoms with Gasteiger partial charge in [-0.25, -0.2) is 19.9 Å². The number of halogens is 1. The molecule has 3 aromatic heterocycles. The Bertz CT molecular complexity index is 1470. The molecular formula is C25H27ClN8O3. The molecule has 0 atom stereocenters. The van der Waals surface area contributed by atoms with Gasteiger partial charge in [-0.3, -0.25) is 4.79 Å². The minimum Gasteiger partial charge on any atom is -0.494 e. The van der Waals surface area contributed by atoms with Crippen LogP contribution < -0.4 is 19.7 Å². The predicted molar refractivity (Wildman–Crippen MR) is 142 cm³/mol. The van der Waals surface area contributed by atoms with E-state index in [2.05, 4.69) is 30.2 Å². The molecule has 0 spiro atoms. The maximum Gasteiger partial charge on any atom is 0.227 e. The second-order valence-corrected chi connectivity index (χ2v) is 9.06. The fraction of sp³-hybridized carbons (Fsp3) is 0.320. The van der Waals surface area contributed by atoms with E-state index in [0.29, 0.717) is 60.0 Å². The molecule has 0 unspecified atom stereocenters. The van der Waals surface area contributed by atoms with Crippen LogP contribution in [0.15, 0.2) is 36.9 Å². The fourth-order valence-corrected chi connectivity index (χ4v) is 4.58. The van der Waals surface area contributed by atoms with E-state index in [1.165, 1.54) is 0 Å². The summed E-state index contributed by atoms with van der Waals surface area (Å²) < 4.78 is 13.2. The number of fused-ring (bicyclic) bond motifs is 1. The summed E-state index contributed by atoms with van der Waals surface area (Å²) >= 11 is 6.45. The smallest absolute Gasteiger partial charge is 0.227 e. The summed E-state index contributed by atoms with van der Waals surface area (Å²) in [4.78, 5) is 33.6. The number of piperazine rings is 1. The topological polar surface area (TPSA) is 111 Å². The minimum atomic E-state index is 0.0850. The summed E-state index contributed by atoms with van der Waals surface area (Å²) in [6.07, 6.45) is 4.97. The molecule has 1 fully saturated rings. The van der Waals surface area contributed by atoms with Crippen molar-refractivity contribution in [2.24, 2.45) is 7.05 Å². The van der Waals surface area contributed by atoms with Crippen LogP contribution in [0, 0.1) is 0 Å². The number of rotatable bonds is 6. The number of nitrogens with one attached hydrogen (secondary N) is 1. The molecule has 4 aromatic rings. The normalized spacial score (nSPS) is 13.6. The van der Waals surface area contributed by atoms with Crippen LogP contribution in [0.25, 0.3) is 22.4 Å². The first kappa shape index (κ1) is 24.6. The van der Waals surface area contributed by atoms with E-state index >= 15 is 0 Å². The quantitative estimate of drug-likeness (QED) is 0.406. The van der Waals surface area contributed by atoms with Crippen molar-refractivity contribution >= 4 is 46.0 Å². The second-order valence-electron chi connectivity index (χ2n) is 8.65. The summed E-state index contributed by atoms with van der Waals surface area (Å²) in [6, 6.07) is 5.66. The molecule has 5 rings (SSSR count). The van der Waals surface area contributed by atoms with Crippen molar-refractivity contribution in [3.63, 3.8) is 0 Å². The number of imidazole rings is 1. The van der Waals surface area contributed by atoms with Crippen LogP contribution >= 0.6 is 11.6 Å². The van der Waals surface area contributed by atoms with E-state index in [4.69, 9.17) is 21.1 Å². The molecule has 1 saturated heterocycles. The zero-order valence-electron chi connectivity index (χ0n) is 21.0. The van der Waals surface area contributed by atoms with Crippen molar-refractivity contribution in [1.82, 2.24) is 29.4 Å². The molecule has 1 aliphatic rings. The van der Waals surface area contributed by atoms with Crippen molar-refractivity contribution < 1.29 is 14.3 Å². The summed E-state index contributed by atoms with van der Waals surface area (Å²) in [5, 5.41) is 3.63. The van der Waals surface area contributed by atoms with Gasteiger partial charge in [-0.2, -0.15) is 0 Å². The first-order chi connectivity index (χ1) is 17.9. The highest BCUT2D eigenvalue weighted by Crippen LogP contribution is 2.40. The lowest BCUT2D eigenvalue weighted by atomic mass is 10.2. The van der Waals surface area contributed by atoms with E-state index in [9.17, 15) is 4.79 Å². The molecule has 12 heteroatoms. The summed E-state index contributed by atoms with van der Waals surface area (Å²) in [5.41, 5.74) is 4.30. The minimum absolute atomic E-state index is 0.0850. The molecule has 0 bridgehead atoms. The van der Waals surface area contributed by atoms with E-state index in [0.717, 1.165) is 22.4 Å². The van der Waals surface area contributed by atoms with Gasteiger partial charge >= 0.3 is 0 Å². The van der Waals surface area contributed by atoms with Gasteiger partial charge < -0.3 is 29.2 Å². The molecule has 37 heavy (non-hydrogen) atoms. The Balaban J connectivity index is 1.44. The molecule has 0 radical (unpaired) electrons. The Hall–Kier alpha value is -4.12. The molecule has 1 amide bonds. The van der Waals surface area contributed by atoms with Crippen LogP contribution in [-0.2, 0) is 11.8 Å². The number of anilines is 3. The molecule has 1 N–H and O–H groups in total. The highest BCUT2D eigenvalue weighted by atomic mass is 35.5. The molecule has 0 aliphatic carbocycles. The largest absolute Gasteiger partial charge is 0.494 e. The number of nitrogens with zero attached hydrogens (tertiary/aromatic N) is 7. The fourth-order valence-electron chi connectivity index (χ4n) is 4.38. The van der Waals surface area contributed by atoms with Crippen LogP contribution in [-0.4, -0.2) is 75.7 Å². The van der Waals surface area contributed by atoms with Gasteiger partial charge in [-0.1, -0.05) is 11.6 Å². The second kappa shape index (κ2) is 10.1. The molecule has 11 nitrogen and oxygen atoms in total. The number of methoxy groups -OCH3 is 2. The third-order valence-electron chi connectivity index (χ3n) is 6.38. The van der Waals surface area contributed by atoms with E-state index < -0.39 is 0 Å². The average molecular weight is 523 g/mol. The van der Waals surface area contributed by atoms with Crippen molar-refractivity contribution in [2.75, 3.05) is 50.6 Å². The standard InChI is InChI=1S/C25H27ClN8O3/c1-15(35)33-5-7-34(8-6-33)20-11-21(36-3)18(10-22(20)37-4)30-25-28-13-17(26)23(31-25)16-9-19-24(27-12-16)32(2)14-29-19/h9-14H,5-8H2,1-4H3,(H,28,30,31). The van der Waals surface area contributed by atoms with E-state index in [1.807, 2.05) is 34.7 Å². The number of benzene rings is 1. The molecule has 0 saturated carbocycles. The first-order valence-corrected chi connectivity index (χ1v) is 12.1. The predicted octanol–water partition coefficient (Wildman–Crippen LogP) is 3.51. The summed E-state index contributed by atoms with van der Waals surface area (Å²) in [7, 11) is 5.12. The number of aromatic nitrogens is 5. The van der Waals surface area contributed by atoms with Gasteiger partial charge in [0.1, 0.15) is 17.0 Å². The zero-order valence-corrected chi connectivity index (χ0v) is 21.8. The maximum absolute atomic E-state index is 11.7. The maximum atomic E-state index is 11.7. The lowest BCUT2D eigenvalue weighted by Crippen LogP contribution is -2.48. The number of amides is 1. The molecule has 1 aliphatic heterocycles. The van der Waals surface area contributed by atoms with E-state index in [-0.39, 0.29) is 5.91 Å². The van der Waals surface area contributed by atoms with Crippen molar-refractivity contribution in [3.8, 4) is 22.8 Å². The van der Waals surface area contributed by atoms with Gasteiger partial charge in [0.25, 0.3) is 0 Å². The van der Waals surface area contributed by atoms with Gasteiger partial charge in [0.05, 0.1) is 48.8 Å². The van der Waals surface area contributed by atoms with Crippen LogP contribution in [0.3, 0.4) is 0 Å². The summed E-state index contributed by atoms with van der Waals surface area (Å²) in [5.74, 6) is 1.69. The Morgan fingerprint density at radius 1 is 1.00 bits per heavy atom. The van der Waals surface area contributed by atoms with Gasteiger partial charge in [-0.05, 0) is 6.07 Å². The van der Waals surface area contributed by atoms with Gasteiger partial charge in [0, 0.05) is 64.0 Å². The highest BCUT2D eigenvalue weighted by molar-refractivity contribution is 6.33. The zero-order chi connectivity index (χ0) is 26.1. The average Bonchev–Trinajstić information content (AvgIpc) is 3.29. The Kier molecular flexibility index (Phi) is 6.70. The lowest BCUT2D eigenvalue weighted by molar-refractivity contribution is -0.129. The third kappa shape index (κ3) is 4.82. The molecule has 1 aromatic carbocycles. The summed E-state index contributed by atoms with van der Waals surface area (Å²) in [6.45, 7) is 4.30. The van der Waals surface area contributed by atoms with Gasteiger partial charge in [0.2, 0.25) is 11.9 Å². The number of carbonyl (C=O) groups is 1. The van der Waals surface area contributed by atoms with Crippen LogP contribution in [0.5, 0.6) is 11.5 Å². The Morgan fingerprint density at radius 2 is 1.76 bits per heavy atom. The number of aryl methyl sites for hydroxylation is 1. The number of ether oxygens (including phenoxy) is 2. The lowest BCUT2D eigenvalue weighted by Gasteiger charge is -2.36. The monoisotopic (exact) mass is 522 g/mol.